The lowest BCUT2D eigenvalue weighted by Gasteiger charge is -2.19. The number of hydrogen-bond donors (Lipinski definition) is 2. The van der Waals surface area contributed by atoms with Crippen LogP contribution in [0.4, 0.5) is 0 Å². The molecule has 94 valence electrons. The van der Waals surface area contributed by atoms with Crippen LogP contribution in [-0.4, -0.2) is 26.2 Å². The van der Waals surface area contributed by atoms with Crippen molar-refractivity contribution in [3.8, 4) is 0 Å². The Kier molecular flexibility index (Phi) is 4.19. The van der Waals surface area contributed by atoms with Crippen molar-refractivity contribution >= 4 is 0 Å². The van der Waals surface area contributed by atoms with Crippen LogP contribution in [0.15, 0.2) is 12.1 Å². The van der Waals surface area contributed by atoms with E-state index in [0.29, 0.717) is 0 Å². The first-order valence-electron chi connectivity index (χ1n) is 6.89. The number of aryl methyl sites for hydroxylation is 3. The molecule has 0 aliphatic carbocycles. The van der Waals surface area contributed by atoms with Gasteiger partial charge in [0.15, 0.2) is 0 Å². The van der Waals surface area contributed by atoms with E-state index >= 15 is 0 Å². The van der Waals surface area contributed by atoms with Gasteiger partial charge in [0, 0.05) is 12.0 Å². The molecule has 1 atom stereocenters. The number of quaternary nitrogens is 2. The number of benzene rings is 1. The minimum absolute atomic E-state index is 1.21. The van der Waals surface area contributed by atoms with Gasteiger partial charge in [-0.3, -0.25) is 0 Å². The largest absolute Gasteiger partial charge is 0.341 e. The predicted molar refractivity (Wildman–Crippen MR) is 71.3 cm³/mol. The molecule has 1 aromatic carbocycles. The second kappa shape index (κ2) is 5.65. The van der Waals surface area contributed by atoms with Crippen LogP contribution in [0.2, 0.25) is 0 Å². The zero-order chi connectivity index (χ0) is 12.3. The lowest BCUT2D eigenvalue weighted by molar-refractivity contribution is -0.917. The lowest BCUT2D eigenvalue weighted by Crippen LogP contribution is -3.12. The third-order valence-electron chi connectivity index (χ3n) is 3.91. The van der Waals surface area contributed by atoms with Gasteiger partial charge < -0.3 is 10.2 Å². The summed E-state index contributed by atoms with van der Waals surface area (Å²) < 4.78 is 0. The minimum Gasteiger partial charge on any atom is -0.341 e. The molecule has 1 fully saturated rings. The first-order chi connectivity index (χ1) is 8.16. The third kappa shape index (κ3) is 3.30. The van der Waals surface area contributed by atoms with Gasteiger partial charge in [0.05, 0.1) is 13.1 Å². The van der Waals surface area contributed by atoms with Crippen molar-refractivity contribution in [2.45, 2.75) is 33.7 Å². The van der Waals surface area contributed by atoms with E-state index in [1.807, 2.05) is 0 Å². The monoisotopic (exact) mass is 234 g/mol. The third-order valence-corrected chi connectivity index (χ3v) is 3.91. The molecular formula is C15H26N2+2. The van der Waals surface area contributed by atoms with E-state index in [4.69, 9.17) is 0 Å². The van der Waals surface area contributed by atoms with Gasteiger partial charge in [-0.25, -0.2) is 0 Å². The van der Waals surface area contributed by atoms with Crippen molar-refractivity contribution in [1.82, 2.24) is 0 Å². The summed E-state index contributed by atoms with van der Waals surface area (Å²) in [5.41, 5.74) is 5.92. The molecule has 1 aliphatic rings. The van der Waals surface area contributed by atoms with E-state index in [1.165, 1.54) is 55.8 Å². The molecule has 0 aromatic heterocycles. The summed E-state index contributed by atoms with van der Waals surface area (Å²) in [6, 6.07) is 4.65. The molecule has 17 heavy (non-hydrogen) atoms. The molecule has 1 unspecified atom stereocenters. The van der Waals surface area contributed by atoms with E-state index in [-0.39, 0.29) is 0 Å². The minimum atomic E-state index is 1.21. The highest BCUT2D eigenvalue weighted by molar-refractivity contribution is 5.36. The van der Waals surface area contributed by atoms with Gasteiger partial charge >= 0.3 is 0 Å². The van der Waals surface area contributed by atoms with Crippen LogP contribution in [-0.2, 0) is 6.54 Å². The summed E-state index contributed by atoms with van der Waals surface area (Å²) in [4.78, 5) is 1.76. The molecule has 1 saturated heterocycles. The smallest absolute Gasteiger partial charge is 0.127 e. The van der Waals surface area contributed by atoms with Crippen LogP contribution in [0.25, 0.3) is 0 Å². The van der Waals surface area contributed by atoms with Crippen molar-refractivity contribution < 1.29 is 10.2 Å². The molecule has 2 rings (SSSR count). The second-order valence-electron chi connectivity index (χ2n) is 5.52. The van der Waals surface area contributed by atoms with Crippen molar-refractivity contribution in [2.75, 3.05) is 26.2 Å². The summed E-state index contributed by atoms with van der Waals surface area (Å²) in [5, 5.41) is 2.46. The zero-order valence-corrected chi connectivity index (χ0v) is 11.5. The summed E-state index contributed by atoms with van der Waals surface area (Å²) in [6.07, 6.45) is 1.36. The average Bonchev–Trinajstić information content (AvgIpc) is 2.51. The van der Waals surface area contributed by atoms with E-state index in [2.05, 4.69) is 38.2 Å². The fourth-order valence-corrected chi connectivity index (χ4v) is 2.99. The topological polar surface area (TPSA) is 21.1 Å². The van der Waals surface area contributed by atoms with Gasteiger partial charge in [0.2, 0.25) is 0 Å². The maximum atomic E-state index is 2.46. The van der Waals surface area contributed by atoms with Crippen LogP contribution in [0.1, 0.15) is 28.7 Å². The molecule has 0 bridgehead atoms. The number of nitrogens with one attached hydrogen (secondary N) is 1. The number of rotatable bonds is 2. The molecule has 0 amide bonds. The molecule has 1 heterocycles. The summed E-state index contributed by atoms with van der Waals surface area (Å²) in [5.74, 6) is 0. The fourth-order valence-electron chi connectivity index (χ4n) is 2.99. The maximum Gasteiger partial charge on any atom is 0.127 e. The van der Waals surface area contributed by atoms with Gasteiger partial charge in [-0.05, 0) is 31.9 Å². The zero-order valence-electron chi connectivity index (χ0n) is 11.5. The van der Waals surface area contributed by atoms with Crippen molar-refractivity contribution in [3.05, 3.63) is 34.4 Å². The summed E-state index contributed by atoms with van der Waals surface area (Å²) in [6.45, 7) is 13.2. The highest BCUT2D eigenvalue weighted by Gasteiger charge is 2.16. The van der Waals surface area contributed by atoms with Crippen molar-refractivity contribution in [3.63, 3.8) is 0 Å². The van der Waals surface area contributed by atoms with Crippen LogP contribution < -0.4 is 10.2 Å². The SMILES string of the molecule is Cc1cc(C)c(C[NH+]2CCC[NH2+]CC2)c(C)c1. The summed E-state index contributed by atoms with van der Waals surface area (Å²) >= 11 is 0. The van der Waals surface area contributed by atoms with E-state index in [1.54, 1.807) is 10.5 Å². The highest BCUT2D eigenvalue weighted by atomic mass is 15.1. The Morgan fingerprint density at radius 3 is 2.47 bits per heavy atom. The van der Waals surface area contributed by atoms with Crippen molar-refractivity contribution in [2.24, 2.45) is 0 Å². The Bertz CT molecular complexity index is 354. The first kappa shape index (κ1) is 12.6. The molecule has 2 nitrogen and oxygen atoms in total. The Labute approximate surface area is 105 Å². The normalized spacial score (nSPS) is 21.2. The fraction of sp³-hybridized carbons (Fsp3) is 0.600. The first-order valence-corrected chi connectivity index (χ1v) is 6.89. The molecule has 2 heteroatoms. The Morgan fingerprint density at radius 2 is 1.76 bits per heavy atom. The van der Waals surface area contributed by atoms with Crippen LogP contribution in [0.3, 0.4) is 0 Å². The number of nitrogens with two attached hydrogens (primary N) is 1. The van der Waals surface area contributed by atoms with Gasteiger partial charge in [-0.2, -0.15) is 0 Å². The maximum absolute atomic E-state index is 2.46. The number of hydrogen-bond acceptors (Lipinski definition) is 0. The van der Waals surface area contributed by atoms with Gasteiger partial charge in [0.25, 0.3) is 0 Å². The molecule has 0 radical (unpaired) electrons. The Morgan fingerprint density at radius 1 is 1.06 bits per heavy atom. The second-order valence-corrected chi connectivity index (χ2v) is 5.52. The van der Waals surface area contributed by atoms with Gasteiger partial charge in [-0.1, -0.05) is 17.7 Å². The molecule has 1 aromatic rings. The highest BCUT2D eigenvalue weighted by Crippen LogP contribution is 2.15. The summed E-state index contributed by atoms with van der Waals surface area (Å²) in [7, 11) is 0. The lowest BCUT2D eigenvalue weighted by atomic mass is 9.99. The molecule has 3 N–H and O–H groups in total. The Balaban J connectivity index is 2.11. The van der Waals surface area contributed by atoms with Crippen molar-refractivity contribution in [1.29, 1.82) is 0 Å². The van der Waals surface area contributed by atoms with E-state index in [0.717, 1.165) is 0 Å². The standard InChI is InChI=1S/C15H24N2/c1-12-9-13(2)15(14(3)10-12)11-17-7-4-5-16-6-8-17/h9-10,16H,4-8,11H2,1-3H3/p+2. The van der Waals surface area contributed by atoms with E-state index in [9.17, 15) is 0 Å². The predicted octanol–water partition coefficient (Wildman–Crippen LogP) is -0.0361. The average molecular weight is 234 g/mol. The van der Waals surface area contributed by atoms with Crippen LogP contribution in [0, 0.1) is 20.8 Å². The van der Waals surface area contributed by atoms with Crippen LogP contribution >= 0.6 is 0 Å². The van der Waals surface area contributed by atoms with Crippen LogP contribution in [0.5, 0.6) is 0 Å². The Hall–Kier alpha value is -0.860. The van der Waals surface area contributed by atoms with Gasteiger partial charge in [-0.15, -0.1) is 0 Å². The molecule has 0 saturated carbocycles. The molecular weight excluding hydrogens is 208 g/mol. The quantitative estimate of drug-likeness (QED) is 0.717. The molecule has 1 aliphatic heterocycles. The van der Waals surface area contributed by atoms with Gasteiger partial charge in [0.1, 0.15) is 19.6 Å². The molecule has 0 spiro atoms. The van der Waals surface area contributed by atoms with E-state index < -0.39 is 0 Å².